The Morgan fingerprint density at radius 2 is 2.42 bits per heavy atom. The van der Waals surface area contributed by atoms with E-state index in [9.17, 15) is 4.79 Å². The molecule has 0 aliphatic carbocycles. The highest BCUT2D eigenvalue weighted by atomic mass is 16.5. The molecule has 1 unspecified atom stereocenters. The van der Waals surface area contributed by atoms with E-state index in [0.717, 1.165) is 13.1 Å². The van der Waals surface area contributed by atoms with Crippen molar-refractivity contribution in [3.63, 3.8) is 0 Å². The summed E-state index contributed by atoms with van der Waals surface area (Å²) in [5.41, 5.74) is 0. The van der Waals surface area contributed by atoms with Crippen molar-refractivity contribution in [3.8, 4) is 0 Å². The van der Waals surface area contributed by atoms with E-state index >= 15 is 0 Å². The van der Waals surface area contributed by atoms with E-state index in [-0.39, 0.29) is 5.92 Å². The first kappa shape index (κ1) is 9.68. The molecule has 1 atom stereocenters. The molecule has 12 heavy (non-hydrogen) atoms. The summed E-state index contributed by atoms with van der Waals surface area (Å²) in [6.07, 6.45) is 0.599. The average molecular weight is 171 g/mol. The quantitative estimate of drug-likeness (QED) is 0.621. The molecule has 70 valence electrons. The molecular weight excluding hydrogens is 154 g/mol. The van der Waals surface area contributed by atoms with Gasteiger partial charge in [0.2, 0.25) is 0 Å². The monoisotopic (exact) mass is 171 g/mol. The molecule has 0 bridgehead atoms. The first-order valence-corrected chi connectivity index (χ1v) is 4.53. The minimum absolute atomic E-state index is 0.115. The zero-order valence-electron chi connectivity index (χ0n) is 7.88. The van der Waals surface area contributed by atoms with Crippen molar-refractivity contribution >= 4 is 5.78 Å². The molecule has 1 heterocycles. The average Bonchev–Trinajstić information content (AvgIpc) is 2.09. The first-order valence-electron chi connectivity index (χ1n) is 4.53. The summed E-state index contributed by atoms with van der Waals surface area (Å²) in [7, 11) is 2.03. The van der Waals surface area contributed by atoms with Crippen LogP contribution in [0.4, 0.5) is 0 Å². The van der Waals surface area contributed by atoms with E-state index in [4.69, 9.17) is 4.74 Å². The lowest BCUT2D eigenvalue weighted by Crippen LogP contribution is -2.36. The lowest BCUT2D eigenvalue weighted by atomic mass is 10.0. The van der Waals surface area contributed by atoms with Gasteiger partial charge in [0.15, 0.2) is 0 Å². The van der Waals surface area contributed by atoms with Crippen LogP contribution in [-0.4, -0.2) is 44.0 Å². The Labute approximate surface area is 73.7 Å². The molecule has 0 aromatic heterocycles. The molecular formula is C9H17NO2. The highest BCUT2D eigenvalue weighted by molar-refractivity contribution is 5.81. The summed E-state index contributed by atoms with van der Waals surface area (Å²) in [5.74, 6) is 0.477. The van der Waals surface area contributed by atoms with E-state index < -0.39 is 0 Å². The molecule has 1 aliphatic heterocycles. The molecule has 1 saturated heterocycles. The fraction of sp³-hybridized carbons (Fsp3) is 0.889. The van der Waals surface area contributed by atoms with Crippen molar-refractivity contribution in [1.82, 2.24) is 4.90 Å². The molecule has 0 aromatic rings. The lowest BCUT2D eigenvalue weighted by molar-refractivity contribution is -0.131. The Hall–Kier alpha value is -0.410. The largest absolute Gasteiger partial charge is 0.380 e. The molecule has 3 heteroatoms. The van der Waals surface area contributed by atoms with Gasteiger partial charge in [-0.1, -0.05) is 6.92 Å². The predicted molar refractivity (Wildman–Crippen MR) is 47.1 cm³/mol. The summed E-state index contributed by atoms with van der Waals surface area (Å²) in [6.45, 7) is 5.15. The summed E-state index contributed by atoms with van der Waals surface area (Å²) >= 11 is 0. The van der Waals surface area contributed by atoms with Crippen LogP contribution in [0.3, 0.4) is 0 Å². The van der Waals surface area contributed by atoms with Crippen LogP contribution in [0.2, 0.25) is 0 Å². The number of ketones is 1. The van der Waals surface area contributed by atoms with Crippen LogP contribution in [0, 0.1) is 5.92 Å². The molecule has 0 N–H and O–H groups in total. The zero-order chi connectivity index (χ0) is 8.97. The maximum Gasteiger partial charge on any atom is 0.141 e. The third kappa shape index (κ3) is 2.57. The molecule has 1 aliphatic rings. The summed E-state index contributed by atoms with van der Waals surface area (Å²) in [5, 5.41) is 0. The van der Waals surface area contributed by atoms with Crippen LogP contribution >= 0.6 is 0 Å². The van der Waals surface area contributed by atoms with Gasteiger partial charge in [-0.25, -0.2) is 0 Å². The fourth-order valence-corrected chi connectivity index (χ4v) is 1.36. The van der Waals surface area contributed by atoms with Crippen molar-refractivity contribution in [1.29, 1.82) is 0 Å². The molecule has 0 spiro atoms. The topological polar surface area (TPSA) is 29.5 Å². The van der Waals surface area contributed by atoms with Crippen LogP contribution < -0.4 is 0 Å². The van der Waals surface area contributed by atoms with E-state index in [1.54, 1.807) is 0 Å². The number of Topliss-reactive ketones (excluding diaryl/α,β-unsaturated/α-hetero) is 1. The number of hydrogen-bond donors (Lipinski definition) is 0. The number of ether oxygens (including phenoxy) is 1. The zero-order valence-corrected chi connectivity index (χ0v) is 7.88. The number of carbonyl (C=O) groups excluding carboxylic acids is 1. The highest BCUT2D eigenvalue weighted by Gasteiger charge is 2.23. The van der Waals surface area contributed by atoms with E-state index in [0.29, 0.717) is 25.4 Å². The fourth-order valence-electron chi connectivity index (χ4n) is 1.36. The Kier molecular flexibility index (Phi) is 3.69. The van der Waals surface area contributed by atoms with Crippen LogP contribution in [0.5, 0.6) is 0 Å². The summed E-state index contributed by atoms with van der Waals surface area (Å²) in [6, 6.07) is 0. The van der Waals surface area contributed by atoms with Gasteiger partial charge in [-0.05, 0) is 13.6 Å². The molecule has 3 nitrogen and oxygen atoms in total. The number of rotatable bonds is 3. The summed E-state index contributed by atoms with van der Waals surface area (Å²) in [4.78, 5) is 13.5. The van der Waals surface area contributed by atoms with Gasteiger partial charge >= 0.3 is 0 Å². The Bertz CT molecular complexity index is 159. The van der Waals surface area contributed by atoms with Gasteiger partial charge in [0.25, 0.3) is 0 Å². The van der Waals surface area contributed by atoms with Gasteiger partial charge in [-0.2, -0.15) is 0 Å². The number of hydrogen-bond acceptors (Lipinski definition) is 3. The van der Waals surface area contributed by atoms with Crippen molar-refractivity contribution in [2.24, 2.45) is 5.92 Å². The maximum absolute atomic E-state index is 11.3. The maximum atomic E-state index is 11.3. The van der Waals surface area contributed by atoms with E-state index in [2.05, 4.69) is 11.8 Å². The van der Waals surface area contributed by atoms with Gasteiger partial charge in [-0.3, -0.25) is 4.79 Å². The number of nitrogens with zero attached hydrogens (tertiary/aromatic N) is 1. The van der Waals surface area contributed by atoms with E-state index in [1.807, 2.05) is 7.05 Å². The SMILES string of the molecule is CCN(C)CC1COCCC1=O. The highest BCUT2D eigenvalue weighted by Crippen LogP contribution is 2.10. The molecule has 1 rings (SSSR count). The molecule has 0 saturated carbocycles. The van der Waals surface area contributed by atoms with Crippen LogP contribution in [0.15, 0.2) is 0 Å². The predicted octanol–water partition coefficient (Wildman–Crippen LogP) is 0.544. The minimum atomic E-state index is 0.115. The second kappa shape index (κ2) is 4.58. The Morgan fingerprint density at radius 3 is 3.00 bits per heavy atom. The first-order chi connectivity index (χ1) is 5.74. The van der Waals surface area contributed by atoms with Crippen molar-refractivity contribution in [3.05, 3.63) is 0 Å². The van der Waals surface area contributed by atoms with Crippen LogP contribution in [0.25, 0.3) is 0 Å². The van der Waals surface area contributed by atoms with Gasteiger partial charge in [0.1, 0.15) is 5.78 Å². The molecule has 0 amide bonds. The van der Waals surface area contributed by atoms with Crippen molar-refractivity contribution in [2.45, 2.75) is 13.3 Å². The van der Waals surface area contributed by atoms with Crippen LogP contribution in [0.1, 0.15) is 13.3 Å². The smallest absolute Gasteiger partial charge is 0.141 e. The molecule has 0 radical (unpaired) electrons. The van der Waals surface area contributed by atoms with Crippen LogP contribution in [-0.2, 0) is 9.53 Å². The van der Waals surface area contributed by atoms with Crippen molar-refractivity contribution < 1.29 is 9.53 Å². The standard InChI is InChI=1S/C9H17NO2/c1-3-10(2)6-8-7-12-5-4-9(8)11/h8H,3-7H2,1-2H3. The van der Waals surface area contributed by atoms with Crippen molar-refractivity contribution in [2.75, 3.05) is 33.4 Å². The van der Waals surface area contributed by atoms with Gasteiger partial charge < -0.3 is 9.64 Å². The second-order valence-electron chi connectivity index (χ2n) is 3.34. The van der Waals surface area contributed by atoms with Gasteiger partial charge in [0, 0.05) is 13.0 Å². The van der Waals surface area contributed by atoms with E-state index in [1.165, 1.54) is 0 Å². The molecule has 1 fully saturated rings. The van der Waals surface area contributed by atoms with Gasteiger partial charge in [0.05, 0.1) is 19.1 Å². The minimum Gasteiger partial charge on any atom is -0.380 e. The third-order valence-corrected chi connectivity index (χ3v) is 2.34. The Morgan fingerprint density at radius 1 is 1.67 bits per heavy atom. The second-order valence-corrected chi connectivity index (χ2v) is 3.34. The number of carbonyl (C=O) groups is 1. The third-order valence-electron chi connectivity index (χ3n) is 2.34. The lowest BCUT2D eigenvalue weighted by Gasteiger charge is -2.25. The normalized spacial score (nSPS) is 24.9. The summed E-state index contributed by atoms with van der Waals surface area (Å²) < 4.78 is 5.25. The molecule has 0 aromatic carbocycles. The van der Waals surface area contributed by atoms with Gasteiger partial charge in [-0.15, -0.1) is 0 Å². The Balaban J connectivity index is 2.34.